The molecule has 2 aromatic carbocycles. The van der Waals surface area contributed by atoms with Crippen LogP contribution in [0.25, 0.3) is 11.1 Å². The second kappa shape index (κ2) is 7.89. The third kappa shape index (κ3) is 4.23. The van der Waals surface area contributed by atoms with E-state index in [-0.39, 0.29) is 18.4 Å². The molecular weight excluding hydrogens is 350 g/mol. The molecule has 0 unspecified atom stereocenters. The number of primary amides is 1. The van der Waals surface area contributed by atoms with Crippen molar-refractivity contribution in [3.05, 3.63) is 58.6 Å². The van der Waals surface area contributed by atoms with Gasteiger partial charge in [-0.1, -0.05) is 35.4 Å². The Morgan fingerprint density at radius 2 is 1.81 bits per heavy atom. The number of carbonyl (C=O) groups is 2. The van der Waals surface area contributed by atoms with Gasteiger partial charge in [0.1, 0.15) is 0 Å². The Morgan fingerprint density at radius 1 is 1.08 bits per heavy atom. The molecule has 3 rings (SSSR count). The number of rotatable bonds is 4. The molecule has 136 valence electrons. The highest BCUT2D eigenvalue weighted by atomic mass is 35.5. The maximum Gasteiger partial charge on any atom is 0.253 e. The van der Waals surface area contributed by atoms with Crippen molar-refractivity contribution in [1.29, 1.82) is 0 Å². The first-order valence-electron chi connectivity index (χ1n) is 8.60. The average Bonchev–Trinajstić information content (AvgIpc) is 2.63. The molecule has 1 fully saturated rings. The summed E-state index contributed by atoms with van der Waals surface area (Å²) in [5, 5.41) is 0.667. The first-order chi connectivity index (χ1) is 12.4. The number of aryl methyl sites for hydroxylation is 1. The minimum Gasteiger partial charge on any atom is -0.369 e. The van der Waals surface area contributed by atoms with E-state index in [1.165, 1.54) is 0 Å². The second-order valence-corrected chi connectivity index (χ2v) is 7.01. The number of amides is 2. The number of piperazine rings is 1. The van der Waals surface area contributed by atoms with E-state index < -0.39 is 0 Å². The molecule has 0 atom stereocenters. The van der Waals surface area contributed by atoms with Crippen LogP contribution in [0.5, 0.6) is 0 Å². The SMILES string of the molecule is Cc1ccc(Cl)c(-c2cccc(C(=O)N3CCN(CC(N)=O)CC3)c2)c1. The van der Waals surface area contributed by atoms with Gasteiger partial charge in [-0.25, -0.2) is 0 Å². The molecule has 0 radical (unpaired) electrons. The Morgan fingerprint density at radius 3 is 2.50 bits per heavy atom. The summed E-state index contributed by atoms with van der Waals surface area (Å²) < 4.78 is 0. The second-order valence-electron chi connectivity index (χ2n) is 6.60. The van der Waals surface area contributed by atoms with Gasteiger partial charge in [-0.15, -0.1) is 0 Å². The van der Waals surface area contributed by atoms with E-state index in [9.17, 15) is 9.59 Å². The molecule has 0 bridgehead atoms. The summed E-state index contributed by atoms with van der Waals surface area (Å²) in [6.07, 6.45) is 0. The number of nitrogens with two attached hydrogens (primary N) is 1. The predicted octanol–water partition coefficient (Wildman–Crippen LogP) is 2.56. The third-order valence-electron chi connectivity index (χ3n) is 4.58. The van der Waals surface area contributed by atoms with Crippen molar-refractivity contribution in [2.75, 3.05) is 32.7 Å². The van der Waals surface area contributed by atoms with Gasteiger partial charge in [0.25, 0.3) is 5.91 Å². The number of benzene rings is 2. The van der Waals surface area contributed by atoms with E-state index in [0.717, 1.165) is 16.7 Å². The van der Waals surface area contributed by atoms with Crippen LogP contribution < -0.4 is 5.73 Å². The van der Waals surface area contributed by atoms with Crippen molar-refractivity contribution in [3.8, 4) is 11.1 Å². The summed E-state index contributed by atoms with van der Waals surface area (Å²) in [4.78, 5) is 27.6. The maximum atomic E-state index is 12.8. The maximum absolute atomic E-state index is 12.8. The first-order valence-corrected chi connectivity index (χ1v) is 8.98. The number of carbonyl (C=O) groups excluding carboxylic acids is 2. The van der Waals surface area contributed by atoms with Crippen molar-refractivity contribution in [1.82, 2.24) is 9.80 Å². The van der Waals surface area contributed by atoms with E-state index in [1.54, 1.807) is 0 Å². The molecule has 0 aromatic heterocycles. The molecule has 1 aliphatic heterocycles. The quantitative estimate of drug-likeness (QED) is 0.898. The molecule has 1 saturated heterocycles. The minimum absolute atomic E-state index is 0.00523. The van der Waals surface area contributed by atoms with Crippen molar-refractivity contribution in [2.24, 2.45) is 5.73 Å². The molecule has 0 spiro atoms. The number of nitrogens with zero attached hydrogens (tertiary/aromatic N) is 2. The molecule has 0 saturated carbocycles. The molecule has 2 aromatic rings. The Labute approximate surface area is 158 Å². The Hall–Kier alpha value is -2.37. The van der Waals surface area contributed by atoms with Crippen LogP contribution >= 0.6 is 11.6 Å². The summed E-state index contributed by atoms with van der Waals surface area (Å²) in [5.41, 5.74) is 8.84. The summed E-state index contributed by atoms with van der Waals surface area (Å²) in [6, 6.07) is 13.4. The van der Waals surface area contributed by atoms with Crippen molar-refractivity contribution >= 4 is 23.4 Å². The monoisotopic (exact) mass is 371 g/mol. The average molecular weight is 372 g/mol. The Kier molecular flexibility index (Phi) is 5.59. The Bertz CT molecular complexity index is 830. The molecule has 2 amide bonds. The van der Waals surface area contributed by atoms with E-state index >= 15 is 0 Å². The van der Waals surface area contributed by atoms with Gasteiger partial charge in [0.05, 0.1) is 6.54 Å². The fourth-order valence-corrected chi connectivity index (χ4v) is 3.42. The van der Waals surface area contributed by atoms with Gasteiger partial charge in [0.2, 0.25) is 5.91 Å². The van der Waals surface area contributed by atoms with Crippen molar-refractivity contribution < 1.29 is 9.59 Å². The lowest BCUT2D eigenvalue weighted by Gasteiger charge is -2.34. The molecule has 26 heavy (non-hydrogen) atoms. The third-order valence-corrected chi connectivity index (χ3v) is 4.91. The predicted molar refractivity (Wildman–Crippen MR) is 103 cm³/mol. The highest BCUT2D eigenvalue weighted by molar-refractivity contribution is 6.33. The standard InChI is InChI=1S/C20H22ClN3O2/c1-14-5-6-18(21)17(11-14)15-3-2-4-16(12-15)20(26)24-9-7-23(8-10-24)13-19(22)25/h2-6,11-12H,7-10,13H2,1H3,(H2,22,25). The first kappa shape index (κ1) is 18.4. The summed E-state index contributed by atoms with van der Waals surface area (Å²) in [7, 11) is 0. The molecule has 0 aliphatic carbocycles. The summed E-state index contributed by atoms with van der Waals surface area (Å²) >= 11 is 6.33. The van der Waals surface area contributed by atoms with Crippen LogP contribution in [0.3, 0.4) is 0 Å². The molecule has 2 N–H and O–H groups in total. The van der Waals surface area contributed by atoms with Gasteiger partial charge in [-0.05, 0) is 36.8 Å². The van der Waals surface area contributed by atoms with Crippen LogP contribution in [-0.4, -0.2) is 54.3 Å². The lowest BCUT2D eigenvalue weighted by atomic mass is 10.0. The molecule has 5 nitrogen and oxygen atoms in total. The molecule has 6 heteroatoms. The molecule has 1 heterocycles. The zero-order valence-electron chi connectivity index (χ0n) is 14.7. The number of halogens is 1. The molecule has 1 aliphatic rings. The van der Waals surface area contributed by atoms with Crippen LogP contribution in [0, 0.1) is 6.92 Å². The van der Waals surface area contributed by atoms with Gasteiger partial charge in [0, 0.05) is 42.3 Å². The van der Waals surface area contributed by atoms with Crippen LogP contribution in [0.2, 0.25) is 5.02 Å². The largest absolute Gasteiger partial charge is 0.369 e. The van der Waals surface area contributed by atoms with Crippen LogP contribution in [-0.2, 0) is 4.79 Å². The lowest BCUT2D eigenvalue weighted by Crippen LogP contribution is -2.50. The van der Waals surface area contributed by atoms with E-state index in [2.05, 4.69) is 0 Å². The van der Waals surface area contributed by atoms with Crippen molar-refractivity contribution in [2.45, 2.75) is 6.92 Å². The summed E-state index contributed by atoms with van der Waals surface area (Å²) in [6.45, 7) is 4.73. The Balaban J connectivity index is 1.75. The van der Waals surface area contributed by atoms with E-state index in [1.807, 2.05) is 59.2 Å². The number of hydrogen-bond donors (Lipinski definition) is 1. The van der Waals surface area contributed by atoms with Gasteiger partial charge in [0.15, 0.2) is 0 Å². The fourth-order valence-electron chi connectivity index (χ4n) is 3.19. The van der Waals surface area contributed by atoms with Gasteiger partial charge in [-0.3, -0.25) is 14.5 Å². The molecular formula is C20H22ClN3O2. The van der Waals surface area contributed by atoms with E-state index in [4.69, 9.17) is 17.3 Å². The zero-order valence-corrected chi connectivity index (χ0v) is 15.5. The fraction of sp³-hybridized carbons (Fsp3) is 0.300. The number of hydrogen-bond acceptors (Lipinski definition) is 3. The lowest BCUT2D eigenvalue weighted by molar-refractivity contribution is -0.119. The van der Waals surface area contributed by atoms with Gasteiger partial charge in [-0.2, -0.15) is 0 Å². The van der Waals surface area contributed by atoms with Crippen LogP contribution in [0.15, 0.2) is 42.5 Å². The van der Waals surface area contributed by atoms with Gasteiger partial charge >= 0.3 is 0 Å². The topological polar surface area (TPSA) is 66.6 Å². The highest BCUT2D eigenvalue weighted by Gasteiger charge is 2.23. The van der Waals surface area contributed by atoms with Gasteiger partial charge < -0.3 is 10.6 Å². The summed E-state index contributed by atoms with van der Waals surface area (Å²) in [5.74, 6) is -0.345. The minimum atomic E-state index is -0.340. The smallest absolute Gasteiger partial charge is 0.253 e. The normalized spacial score (nSPS) is 15.1. The van der Waals surface area contributed by atoms with Crippen LogP contribution in [0.1, 0.15) is 15.9 Å². The zero-order chi connectivity index (χ0) is 18.7. The van der Waals surface area contributed by atoms with Crippen LogP contribution in [0.4, 0.5) is 0 Å². The van der Waals surface area contributed by atoms with E-state index in [0.29, 0.717) is 36.8 Å². The highest BCUT2D eigenvalue weighted by Crippen LogP contribution is 2.29. The van der Waals surface area contributed by atoms with Crippen molar-refractivity contribution in [3.63, 3.8) is 0 Å².